The smallest absolute Gasteiger partial charge is 0.141 e. The number of nitrogens with zero attached hydrogens (tertiary/aromatic N) is 2. The van der Waals surface area contributed by atoms with E-state index in [1.165, 1.54) is 11.1 Å². The van der Waals surface area contributed by atoms with Crippen molar-refractivity contribution in [1.82, 2.24) is 9.55 Å². The van der Waals surface area contributed by atoms with Crippen LogP contribution in [0, 0.1) is 6.92 Å². The minimum Gasteiger partial charge on any atom is -0.508 e. The molecule has 0 saturated heterocycles. The third-order valence-electron chi connectivity index (χ3n) is 4.24. The van der Waals surface area contributed by atoms with Gasteiger partial charge in [0.25, 0.3) is 0 Å². The number of rotatable bonds is 3. The number of benzene rings is 3. The molecule has 1 aromatic heterocycles. The lowest BCUT2D eigenvalue weighted by Gasteiger charge is -2.10. The van der Waals surface area contributed by atoms with Gasteiger partial charge in [0.05, 0.1) is 11.0 Å². The second-order valence-corrected chi connectivity index (χ2v) is 6.04. The standard InChI is InChI=1S/C21H18N2O/c1-15-6-8-16(9-7-15)14-23-20-5-3-2-4-19(20)22-21(23)17-10-12-18(24)13-11-17/h2-13,24H,14H2,1H3. The fraction of sp³-hybridized carbons (Fsp3) is 0.0952. The van der Waals surface area contributed by atoms with Crippen molar-refractivity contribution in [2.24, 2.45) is 0 Å². The highest BCUT2D eigenvalue weighted by Gasteiger charge is 2.12. The SMILES string of the molecule is Cc1ccc(Cn2c(-c3ccc(O)cc3)nc3ccccc32)cc1. The number of imidazole rings is 1. The molecule has 0 aliphatic heterocycles. The van der Waals surface area contributed by atoms with Gasteiger partial charge < -0.3 is 9.67 Å². The van der Waals surface area contributed by atoms with Crippen molar-refractivity contribution in [3.05, 3.63) is 83.9 Å². The van der Waals surface area contributed by atoms with Crippen molar-refractivity contribution in [3.63, 3.8) is 0 Å². The van der Waals surface area contributed by atoms with E-state index < -0.39 is 0 Å². The predicted molar refractivity (Wildman–Crippen MR) is 97.1 cm³/mol. The van der Waals surface area contributed by atoms with Gasteiger partial charge in [-0.05, 0) is 48.9 Å². The number of hydrogen-bond donors (Lipinski definition) is 1. The minimum atomic E-state index is 0.264. The summed E-state index contributed by atoms with van der Waals surface area (Å²) in [4.78, 5) is 4.81. The van der Waals surface area contributed by atoms with E-state index in [1.54, 1.807) is 12.1 Å². The number of para-hydroxylation sites is 2. The molecule has 24 heavy (non-hydrogen) atoms. The lowest BCUT2D eigenvalue weighted by molar-refractivity contribution is 0.475. The Labute approximate surface area is 140 Å². The second-order valence-electron chi connectivity index (χ2n) is 6.04. The summed E-state index contributed by atoms with van der Waals surface area (Å²) in [5.41, 5.74) is 5.58. The van der Waals surface area contributed by atoms with Crippen LogP contribution < -0.4 is 0 Å². The van der Waals surface area contributed by atoms with Crippen LogP contribution in [0.2, 0.25) is 0 Å². The molecule has 0 bridgehead atoms. The summed E-state index contributed by atoms with van der Waals surface area (Å²) < 4.78 is 2.23. The average molecular weight is 314 g/mol. The third kappa shape index (κ3) is 2.65. The molecule has 0 aliphatic rings. The van der Waals surface area contributed by atoms with Crippen LogP contribution in [-0.2, 0) is 6.54 Å². The number of phenolic OH excluding ortho intramolecular Hbond substituents is 1. The van der Waals surface area contributed by atoms with E-state index >= 15 is 0 Å². The first-order valence-corrected chi connectivity index (χ1v) is 8.01. The molecule has 0 saturated carbocycles. The Morgan fingerprint density at radius 2 is 1.58 bits per heavy atom. The highest BCUT2D eigenvalue weighted by atomic mass is 16.3. The summed E-state index contributed by atoms with van der Waals surface area (Å²) in [6.45, 7) is 2.86. The van der Waals surface area contributed by atoms with Crippen molar-refractivity contribution in [3.8, 4) is 17.1 Å². The maximum atomic E-state index is 9.55. The lowest BCUT2D eigenvalue weighted by atomic mass is 10.1. The maximum absolute atomic E-state index is 9.55. The largest absolute Gasteiger partial charge is 0.508 e. The number of fused-ring (bicyclic) bond motifs is 1. The molecule has 1 heterocycles. The molecule has 3 heteroatoms. The summed E-state index contributed by atoms with van der Waals surface area (Å²) in [5, 5.41) is 9.55. The van der Waals surface area contributed by atoms with Gasteiger partial charge in [0.2, 0.25) is 0 Å². The molecule has 118 valence electrons. The summed E-state index contributed by atoms with van der Waals surface area (Å²) in [6.07, 6.45) is 0. The topological polar surface area (TPSA) is 38.0 Å². The molecular formula is C21H18N2O. The van der Waals surface area contributed by atoms with Crippen LogP contribution in [0.3, 0.4) is 0 Å². The molecule has 0 unspecified atom stereocenters. The van der Waals surface area contributed by atoms with Gasteiger partial charge in [-0.25, -0.2) is 4.98 Å². The lowest BCUT2D eigenvalue weighted by Crippen LogP contribution is -2.02. The minimum absolute atomic E-state index is 0.264. The fourth-order valence-electron chi connectivity index (χ4n) is 2.94. The first kappa shape index (κ1) is 14.5. The van der Waals surface area contributed by atoms with E-state index in [-0.39, 0.29) is 5.75 Å². The van der Waals surface area contributed by atoms with E-state index in [9.17, 15) is 5.11 Å². The number of aromatic nitrogens is 2. The second kappa shape index (κ2) is 5.85. The van der Waals surface area contributed by atoms with Crippen molar-refractivity contribution in [2.45, 2.75) is 13.5 Å². The predicted octanol–water partition coefficient (Wildman–Crippen LogP) is 4.77. The van der Waals surface area contributed by atoms with Crippen LogP contribution in [0.5, 0.6) is 5.75 Å². The van der Waals surface area contributed by atoms with E-state index in [1.807, 2.05) is 30.3 Å². The van der Waals surface area contributed by atoms with Gasteiger partial charge in [0.1, 0.15) is 11.6 Å². The van der Waals surface area contributed by atoms with E-state index in [0.717, 1.165) is 29.0 Å². The van der Waals surface area contributed by atoms with Crippen molar-refractivity contribution < 1.29 is 5.11 Å². The molecule has 0 fully saturated rings. The zero-order valence-corrected chi connectivity index (χ0v) is 13.5. The Morgan fingerprint density at radius 3 is 2.33 bits per heavy atom. The zero-order chi connectivity index (χ0) is 16.5. The molecule has 3 nitrogen and oxygen atoms in total. The molecule has 3 aromatic carbocycles. The molecule has 0 radical (unpaired) electrons. The number of hydrogen-bond acceptors (Lipinski definition) is 2. The molecule has 0 amide bonds. The quantitative estimate of drug-likeness (QED) is 0.592. The number of aryl methyl sites for hydroxylation is 1. The van der Waals surface area contributed by atoms with Gasteiger partial charge in [-0.3, -0.25) is 0 Å². The summed E-state index contributed by atoms with van der Waals surface area (Å²) in [7, 11) is 0. The zero-order valence-electron chi connectivity index (χ0n) is 13.5. The Kier molecular flexibility index (Phi) is 3.54. The van der Waals surface area contributed by atoms with Crippen molar-refractivity contribution in [2.75, 3.05) is 0 Å². The van der Waals surface area contributed by atoms with Crippen LogP contribution in [0.25, 0.3) is 22.4 Å². The molecule has 0 aliphatic carbocycles. The van der Waals surface area contributed by atoms with E-state index in [0.29, 0.717) is 0 Å². The summed E-state index contributed by atoms with van der Waals surface area (Å²) in [6, 6.07) is 24.0. The third-order valence-corrected chi connectivity index (χ3v) is 4.24. The van der Waals surface area contributed by atoms with Gasteiger partial charge >= 0.3 is 0 Å². The molecule has 4 aromatic rings. The Hall–Kier alpha value is -3.07. The van der Waals surface area contributed by atoms with Crippen molar-refractivity contribution >= 4 is 11.0 Å². The van der Waals surface area contributed by atoms with Crippen molar-refractivity contribution in [1.29, 1.82) is 0 Å². The van der Waals surface area contributed by atoms with Crippen LogP contribution in [-0.4, -0.2) is 14.7 Å². The summed E-state index contributed by atoms with van der Waals surface area (Å²) in [5.74, 6) is 1.18. The van der Waals surface area contributed by atoms with Gasteiger partial charge in [0, 0.05) is 12.1 Å². The number of phenols is 1. The van der Waals surface area contributed by atoms with Crippen LogP contribution >= 0.6 is 0 Å². The van der Waals surface area contributed by atoms with Gasteiger partial charge in [-0.15, -0.1) is 0 Å². The maximum Gasteiger partial charge on any atom is 0.141 e. The highest BCUT2D eigenvalue weighted by molar-refractivity contribution is 5.80. The average Bonchev–Trinajstić information content (AvgIpc) is 2.96. The molecule has 1 N–H and O–H groups in total. The Morgan fingerprint density at radius 1 is 0.875 bits per heavy atom. The van der Waals surface area contributed by atoms with Crippen LogP contribution in [0.1, 0.15) is 11.1 Å². The highest BCUT2D eigenvalue weighted by Crippen LogP contribution is 2.27. The molecular weight excluding hydrogens is 296 g/mol. The molecule has 0 atom stereocenters. The Bertz CT molecular complexity index is 983. The fourth-order valence-corrected chi connectivity index (χ4v) is 2.94. The molecule has 4 rings (SSSR count). The molecule has 0 spiro atoms. The first-order chi connectivity index (χ1) is 11.7. The summed E-state index contributed by atoms with van der Waals surface area (Å²) >= 11 is 0. The van der Waals surface area contributed by atoms with Crippen LogP contribution in [0.15, 0.2) is 72.8 Å². The normalized spacial score (nSPS) is 11.0. The van der Waals surface area contributed by atoms with E-state index in [4.69, 9.17) is 4.98 Å². The Balaban J connectivity index is 1.86. The first-order valence-electron chi connectivity index (χ1n) is 8.01. The van der Waals surface area contributed by atoms with Gasteiger partial charge in [0.15, 0.2) is 0 Å². The monoisotopic (exact) mass is 314 g/mol. The van der Waals surface area contributed by atoms with Crippen LogP contribution in [0.4, 0.5) is 0 Å². The van der Waals surface area contributed by atoms with Gasteiger partial charge in [-0.1, -0.05) is 42.0 Å². The van der Waals surface area contributed by atoms with Gasteiger partial charge in [-0.2, -0.15) is 0 Å². The number of aromatic hydroxyl groups is 1. The van der Waals surface area contributed by atoms with E-state index in [2.05, 4.69) is 41.8 Å².